The van der Waals surface area contributed by atoms with Crippen molar-refractivity contribution < 1.29 is 4.39 Å². The maximum atomic E-state index is 13.2. The fourth-order valence-electron chi connectivity index (χ4n) is 2.38. The second kappa shape index (κ2) is 6.03. The molecule has 0 radical (unpaired) electrons. The highest BCUT2D eigenvalue weighted by molar-refractivity contribution is 9.10. The third-order valence-corrected chi connectivity index (χ3v) is 4.50. The predicted molar refractivity (Wildman–Crippen MR) is 80.6 cm³/mol. The van der Waals surface area contributed by atoms with Crippen LogP contribution in [0.3, 0.4) is 0 Å². The van der Waals surface area contributed by atoms with Crippen molar-refractivity contribution in [1.29, 1.82) is 0 Å². The van der Waals surface area contributed by atoms with Crippen LogP contribution in [-0.2, 0) is 13.5 Å². The fourth-order valence-corrected chi connectivity index (χ4v) is 2.88. The van der Waals surface area contributed by atoms with E-state index >= 15 is 0 Å². The van der Waals surface area contributed by atoms with Crippen molar-refractivity contribution in [3.8, 4) is 0 Å². The molecule has 1 unspecified atom stereocenters. The van der Waals surface area contributed by atoms with Gasteiger partial charge in [-0.2, -0.15) is 5.10 Å². The van der Waals surface area contributed by atoms with Crippen molar-refractivity contribution in [2.45, 2.75) is 26.3 Å². The second-order valence-electron chi connectivity index (χ2n) is 4.89. The van der Waals surface area contributed by atoms with E-state index in [0.29, 0.717) is 6.42 Å². The lowest BCUT2D eigenvalue weighted by atomic mass is 9.98. The fraction of sp³-hybridized carbons (Fsp3) is 0.357. The molecule has 2 rings (SSSR count). The van der Waals surface area contributed by atoms with E-state index in [2.05, 4.69) is 26.5 Å². The molecule has 0 aliphatic carbocycles. The molecule has 1 atom stereocenters. The number of aryl methyl sites for hydroxylation is 3. The summed E-state index contributed by atoms with van der Waals surface area (Å²) in [6.07, 6.45) is 0.668. The number of nitrogens with one attached hydrogen (secondary N) is 1. The van der Waals surface area contributed by atoms with Gasteiger partial charge in [0, 0.05) is 13.5 Å². The third-order valence-electron chi connectivity index (χ3n) is 3.47. The minimum absolute atomic E-state index is 0.0956. The summed E-state index contributed by atoms with van der Waals surface area (Å²) in [6.45, 7) is 3.83. The van der Waals surface area contributed by atoms with E-state index in [1.54, 1.807) is 6.07 Å². The average Bonchev–Trinajstić information content (AvgIpc) is 2.62. The van der Waals surface area contributed by atoms with E-state index < -0.39 is 0 Å². The smallest absolute Gasteiger partial charge is 0.123 e. The number of rotatable bonds is 4. The van der Waals surface area contributed by atoms with E-state index in [1.807, 2.05) is 25.6 Å². The molecule has 0 aliphatic heterocycles. The normalized spacial score (nSPS) is 12.7. The molecular weight excluding hydrogens is 323 g/mol. The SMILES string of the molecule is Cc1cc(F)ccc1C(Cc1c(Br)c(C)nn1C)NN. The van der Waals surface area contributed by atoms with Gasteiger partial charge in [0.15, 0.2) is 0 Å². The van der Waals surface area contributed by atoms with Crippen LogP contribution in [0.15, 0.2) is 22.7 Å². The van der Waals surface area contributed by atoms with Crippen molar-refractivity contribution in [2.24, 2.45) is 12.9 Å². The molecule has 0 saturated heterocycles. The van der Waals surface area contributed by atoms with Gasteiger partial charge in [-0.3, -0.25) is 16.0 Å². The minimum atomic E-state index is -0.237. The van der Waals surface area contributed by atoms with Crippen LogP contribution >= 0.6 is 15.9 Å². The van der Waals surface area contributed by atoms with Gasteiger partial charge in [-0.05, 0) is 53.0 Å². The van der Waals surface area contributed by atoms with Crippen LogP contribution in [0.1, 0.15) is 28.6 Å². The Balaban J connectivity index is 2.33. The number of hydrogen-bond acceptors (Lipinski definition) is 3. The largest absolute Gasteiger partial charge is 0.271 e. The van der Waals surface area contributed by atoms with Crippen LogP contribution < -0.4 is 11.3 Å². The highest BCUT2D eigenvalue weighted by Crippen LogP contribution is 2.27. The number of benzene rings is 1. The summed E-state index contributed by atoms with van der Waals surface area (Å²) in [5.41, 5.74) is 6.66. The molecule has 1 heterocycles. The first kappa shape index (κ1) is 15.2. The quantitative estimate of drug-likeness (QED) is 0.664. The summed E-state index contributed by atoms with van der Waals surface area (Å²) in [7, 11) is 1.90. The van der Waals surface area contributed by atoms with Crippen molar-refractivity contribution in [1.82, 2.24) is 15.2 Å². The van der Waals surface area contributed by atoms with Crippen LogP contribution in [-0.4, -0.2) is 9.78 Å². The Labute approximate surface area is 126 Å². The molecule has 2 aromatic rings. The highest BCUT2D eigenvalue weighted by Gasteiger charge is 2.19. The molecule has 4 nitrogen and oxygen atoms in total. The molecule has 0 aliphatic rings. The van der Waals surface area contributed by atoms with Crippen LogP contribution in [0.5, 0.6) is 0 Å². The summed E-state index contributed by atoms with van der Waals surface area (Å²) < 4.78 is 16.0. The predicted octanol–water partition coefficient (Wildman–Crippen LogP) is 2.69. The van der Waals surface area contributed by atoms with Crippen LogP contribution in [0.4, 0.5) is 4.39 Å². The van der Waals surface area contributed by atoms with Crippen LogP contribution in [0.2, 0.25) is 0 Å². The molecule has 1 aromatic heterocycles. The first-order valence-corrected chi connectivity index (χ1v) is 7.13. The lowest BCUT2D eigenvalue weighted by molar-refractivity contribution is 0.525. The van der Waals surface area contributed by atoms with Gasteiger partial charge in [0.2, 0.25) is 0 Å². The van der Waals surface area contributed by atoms with Gasteiger partial charge < -0.3 is 0 Å². The van der Waals surface area contributed by atoms with Gasteiger partial charge >= 0.3 is 0 Å². The number of hydrogen-bond donors (Lipinski definition) is 2. The van der Waals surface area contributed by atoms with E-state index in [9.17, 15) is 4.39 Å². The van der Waals surface area contributed by atoms with Crippen molar-refractivity contribution >= 4 is 15.9 Å². The molecule has 1 aromatic carbocycles. The highest BCUT2D eigenvalue weighted by atomic mass is 79.9. The topological polar surface area (TPSA) is 55.9 Å². The standard InChI is InChI=1S/C14H18BrFN4/c1-8-6-10(16)4-5-11(8)12(18-17)7-13-14(15)9(2)19-20(13)3/h4-6,12,18H,7,17H2,1-3H3. The monoisotopic (exact) mass is 340 g/mol. The van der Waals surface area contributed by atoms with Crippen LogP contribution in [0, 0.1) is 19.7 Å². The van der Waals surface area contributed by atoms with Gasteiger partial charge in [0.05, 0.1) is 21.9 Å². The van der Waals surface area contributed by atoms with Gasteiger partial charge in [-0.15, -0.1) is 0 Å². The van der Waals surface area contributed by atoms with E-state index in [1.165, 1.54) is 12.1 Å². The second-order valence-corrected chi connectivity index (χ2v) is 5.69. The first-order valence-electron chi connectivity index (χ1n) is 6.34. The maximum absolute atomic E-state index is 13.2. The Bertz CT molecular complexity index is 624. The Kier molecular flexibility index (Phi) is 4.57. The van der Waals surface area contributed by atoms with Gasteiger partial charge in [-0.25, -0.2) is 4.39 Å². The zero-order chi connectivity index (χ0) is 14.9. The Morgan fingerprint density at radius 2 is 2.15 bits per heavy atom. The molecule has 0 bridgehead atoms. The summed E-state index contributed by atoms with van der Waals surface area (Å²) in [4.78, 5) is 0. The minimum Gasteiger partial charge on any atom is -0.271 e. The molecule has 6 heteroatoms. The van der Waals surface area contributed by atoms with Gasteiger partial charge in [-0.1, -0.05) is 6.07 Å². The number of aromatic nitrogens is 2. The zero-order valence-electron chi connectivity index (χ0n) is 11.7. The summed E-state index contributed by atoms with van der Waals surface area (Å²) in [6, 6.07) is 4.65. The third kappa shape index (κ3) is 2.92. The van der Waals surface area contributed by atoms with Crippen molar-refractivity contribution in [2.75, 3.05) is 0 Å². The Hall–Kier alpha value is -1.24. The lowest BCUT2D eigenvalue weighted by Gasteiger charge is -2.19. The molecule has 0 spiro atoms. The van der Waals surface area contributed by atoms with Crippen molar-refractivity contribution in [3.63, 3.8) is 0 Å². The molecule has 0 amide bonds. The number of halogens is 2. The lowest BCUT2D eigenvalue weighted by Crippen LogP contribution is -2.30. The molecule has 0 fully saturated rings. The van der Waals surface area contributed by atoms with Crippen molar-refractivity contribution in [3.05, 3.63) is 51.0 Å². The average molecular weight is 341 g/mol. The van der Waals surface area contributed by atoms with Crippen LogP contribution in [0.25, 0.3) is 0 Å². The Morgan fingerprint density at radius 1 is 1.45 bits per heavy atom. The molecule has 20 heavy (non-hydrogen) atoms. The molecule has 0 saturated carbocycles. The molecule has 3 N–H and O–H groups in total. The maximum Gasteiger partial charge on any atom is 0.123 e. The molecule has 108 valence electrons. The van der Waals surface area contributed by atoms with E-state index in [0.717, 1.165) is 27.0 Å². The first-order chi connectivity index (χ1) is 9.43. The number of nitrogens with two attached hydrogens (primary N) is 1. The summed E-state index contributed by atoms with van der Waals surface area (Å²) in [5.74, 6) is 5.44. The van der Waals surface area contributed by atoms with Gasteiger partial charge in [0.25, 0.3) is 0 Å². The summed E-state index contributed by atoms with van der Waals surface area (Å²) in [5, 5.41) is 4.37. The van der Waals surface area contributed by atoms with E-state index in [4.69, 9.17) is 5.84 Å². The summed E-state index contributed by atoms with van der Waals surface area (Å²) >= 11 is 3.55. The zero-order valence-corrected chi connectivity index (χ0v) is 13.3. The number of hydrazine groups is 1. The Morgan fingerprint density at radius 3 is 2.65 bits per heavy atom. The molecular formula is C14H18BrFN4. The van der Waals surface area contributed by atoms with Gasteiger partial charge in [0.1, 0.15) is 5.82 Å². The van der Waals surface area contributed by atoms with E-state index in [-0.39, 0.29) is 11.9 Å². The number of nitrogens with zero attached hydrogens (tertiary/aromatic N) is 2.